The van der Waals surface area contributed by atoms with Gasteiger partial charge in [0.2, 0.25) is 25.1 Å². The highest BCUT2D eigenvalue weighted by Crippen LogP contribution is 2.48. The number of aliphatic imine (C=N–C) groups is 2. The minimum absolute atomic E-state index is 0.132. The molecule has 1 aromatic carbocycles. The van der Waals surface area contributed by atoms with Crippen molar-refractivity contribution in [1.29, 1.82) is 0 Å². The number of benzene rings is 1. The Morgan fingerprint density at radius 3 is 2.13 bits per heavy atom. The van der Waals surface area contributed by atoms with Gasteiger partial charge in [0.15, 0.2) is 0 Å². The van der Waals surface area contributed by atoms with Gasteiger partial charge in [-0.2, -0.15) is 0 Å². The van der Waals surface area contributed by atoms with Gasteiger partial charge in [-0.3, -0.25) is 48.0 Å². The zero-order valence-corrected chi connectivity index (χ0v) is 43.1. The number of carbonyl (C=O) groups excluding carboxylic acids is 6. The van der Waals surface area contributed by atoms with Crippen LogP contribution >= 0.6 is 11.9 Å². The lowest BCUT2D eigenvalue weighted by Gasteiger charge is -2.47. The van der Waals surface area contributed by atoms with Crippen LogP contribution in [-0.2, 0) is 24.0 Å². The molecule has 3 unspecified atom stereocenters. The molecular weight excluding hydrogens is 898 g/mol. The predicted molar refractivity (Wildman–Crippen MR) is 278 cm³/mol. The normalized spacial score (nSPS) is 21.7. The van der Waals surface area contributed by atoms with Crippen LogP contribution in [0.3, 0.4) is 0 Å². The average molecular weight is 980 g/mol. The Kier molecular flexibility index (Phi) is 26.7. The molecule has 5 fully saturated rings. The molecule has 0 bridgehead atoms. The third kappa shape index (κ3) is 17.9. The van der Waals surface area contributed by atoms with Gasteiger partial charge in [-0.25, -0.2) is 4.39 Å². The van der Waals surface area contributed by atoms with E-state index in [-0.39, 0.29) is 22.9 Å². The van der Waals surface area contributed by atoms with Gasteiger partial charge in [0.05, 0.1) is 12.0 Å². The molecule has 3 atom stereocenters. The highest BCUT2D eigenvalue weighted by Gasteiger charge is 2.41. The quantitative estimate of drug-likeness (QED) is 0.0355. The first-order valence-corrected chi connectivity index (χ1v) is 25.9. The van der Waals surface area contributed by atoms with Crippen molar-refractivity contribution in [2.75, 3.05) is 58.3 Å². The highest BCUT2D eigenvalue weighted by molar-refractivity contribution is 7.97. The van der Waals surface area contributed by atoms with Crippen LogP contribution in [0.25, 0.3) is 0 Å². The summed E-state index contributed by atoms with van der Waals surface area (Å²) in [4.78, 5) is 80.0. The number of likely N-dealkylation sites (tertiary alicyclic amines) is 1. The fourth-order valence-corrected chi connectivity index (χ4v) is 11.8. The van der Waals surface area contributed by atoms with Crippen molar-refractivity contribution in [2.45, 2.75) is 141 Å². The van der Waals surface area contributed by atoms with Crippen molar-refractivity contribution < 1.29 is 33.2 Å². The summed E-state index contributed by atoms with van der Waals surface area (Å²) in [6.07, 6.45) is 24.7. The van der Waals surface area contributed by atoms with E-state index in [0.29, 0.717) is 65.9 Å². The van der Waals surface area contributed by atoms with Crippen molar-refractivity contribution >= 4 is 68.0 Å². The zero-order valence-electron chi connectivity index (χ0n) is 42.3. The van der Waals surface area contributed by atoms with Crippen LogP contribution in [0.2, 0.25) is 0 Å². The first-order chi connectivity index (χ1) is 33.4. The van der Waals surface area contributed by atoms with Crippen LogP contribution in [0.15, 0.2) is 46.0 Å². The molecule has 17 heteroatoms. The summed E-state index contributed by atoms with van der Waals surface area (Å²) >= 11 is 2.01. The van der Waals surface area contributed by atoms with Gasteiger partial charge in [-0.15, -0.1) is 0 Å². The second-order valence-electron chi connectivity index (χ2n) is 18.9. The van der Waals surface area contributed by atoms with E-state index in [2.05, 4.69) is 48.8 Å². The van der Waals surface area contributed by atoms with Crippen molar-refractivity contribution in [3.8, 4) is 0 Å². The number of rotatable bonds is 17. The monoisotopic (exact) mass is 980 g/mol. The number of hydrogen-bond donors (Lipinski definition) is 3. The van der Waals surface area contributed by atoms with Crippen molar-refractivity contribution in [1.82, 2.24) is 24.7 Å². The molecule has 6 rings (SSSR count). The second-order valence-corrected chi connectivity index (χ2v) is 20.3. The molecular formula is C52H82FN9O6S. The molecule has 5 aliphatic rings. The average Bonchev–Trinajstić information content (AvgIpc) is 3.80. The van der Waals surface area contributed by atoms with E-state index in [1.807, 2.05) is 45.1 Å². The van der Waals surface area contributed by atoms with Gasteiger partial charge in [0.1, 0.15) is 12.1 Å². The fraction of sp³-hybridized carbons (Fsp3) is 0.654. The van der Waals surface area contributed by atoms with Gasteiger partial charge >= 0.3 is 0 Å². The number of aldehydes is 1. The maximum Gasteiger partial charge on any atom is 0.260 e. The van der Waals surface area contributed by atoms with Crippen LogP contribution < -0.4 is 21.3 Å². The van der Waals surface area contributed by atoms with Crippen LogP contribution in [0, 0.1) is 35.9 Å². The smallest absolute Gasteiger partial charge is 0.260 e. The Balaban J connectivity index is 0.000000498. The molecule has 1 spiro atoms. The number of nitrogens with zero attached hydrogens (tertiary/aromatic N) is 6. The van der Waals surface area contributed by atoms with E-state index in [1.54, 1.807) is 24.6 Å². The van der Waals surface area contributed by atoms with E-state index in [0.717, 1.165) is 122 Å². The molecule has 3 aliphatic heterocycles. The molecule has 2 saturated carbocycles. The lowest BCUT2D eigenvalue weighted by Crippen LogP contribution is -2.47. The Hall–Kier alpha value is -4.74. The summed E-state index contributed by atoms with van der Waals surface area (Å²) in [7, 11) is 3.30. The summed E-state index contributed by atoms with van der Waals surface area (Å²) in [5.41, 5.74) is 7.33. The summed E-state index contributed by atoms with van der Waals surface area (Å²) in [6.45, 7) is 16.9. The van der Waals surface area contributed by atoms with E-state index < -0.39 is 11.7 Å². The van der Waals surface area contributed by atoms with Gasteiger partial charge in [-0.05, 0) is 151 Å². The summed E-state index contributed by atoms with van der Waals surface area (Å²) in [5.74, 6) is 0.886. The first kappa shape index (κ1) is 58.6. The molecule has 384 valence electrons. The number of amides is 5. The summed E-state index contributed by atoms with van der Waals surface area (Å²) < 4.78 is 18.0. The molecule has 1 aromatic rings. The Bertz CT molecular complexity index is 1860. The molecule has 3 heterocycles. The lowest BCUT2D eigenvalue weighted by molar-refractivity contribution is -0.138. The number of nitrogens with one attached hydrogen (secondary N) is 2. The van der Waals surface area contributed by atoms with Crippen molar-refractivity contribution in [2.24, 2.45) is 38.9 Å². The van der Waals surface area contributed by atoms with Gasteiger partial charge in [-0.1, -0.05) is 51.1 Å². The Morgan fingerprint density at radius 1 is 0.957 bits per heavy atom. The van der Waals surface area contributed by atoms with E-state index in [9.17, 15) is 19.2 Å². The number of aryl methyl sites for hydroxylation is 1. The number of imide groups is 2. The number of piperidine rings is 3. The molecule has 15 nitrogen and oxygen atoms in total. The SMILES string of the molecule is C=N/C=C(/C=C\C=O)C1CCCC1C.CCCC(C)N(C=O)C(=O)c1cc(F)c(N2CCC3(CCC(C(=O)N4CCC(SN5CCC(NC=NC)CC5)CC4)CC3)CC2)cc1C.CN.O=CNC=O. The number of hydrogen-bond acceptors (Lipinski definition) is 12. The topological polar surface area (TPSA) is 190 Å². The van der Waals surface area contributed by atoms with Gasteiger partial charge < -0.3 is 26.2 Å². The molecule has 0 aromatic heterocycles. The van der Waals surface area contributed by atoms with Crippen LogP contribution in [0.4, 0.5) is 10.1 Å². The van der Waals surface area contributed by atoms with Gasteiger partial charge in [0.25, 0.3) is 5.91 Å². The van der Waals surface area contributed by atoms with E-state index >= 15 is 4.39 Å². The number of carbonyl (C=O) groups is 6. The van der Waals surface area contributed by atoms with Gasteiger partial charge in [0, 0.05) is 81.3 Å². The number of anilines is 1. The molecule has 69 heavy (non-hydrogen) atoms. The van der Waals surface area contributed by atoms with Crippen LogP contribution in [0.1, 0.15) is 133 Å². The first-order valence-electron chi connectivity index (χ1n) is 25.1. The maximum atomic E-state index is 15.5. The minimum atomic E-state index is -0.441. The molecule has 3 saturated heterocycles. The summed E-state index contributed by atoms with van der Waals surface area (Å²) in [6, 6.07) is 3.38. The highest BCUT2D eigenvalue weighted by atomic mass is 32.2. The minimum Gasteiger partial charge on any atom is -0.374 e. The molecule has 4 N–H and O–H groups in total. The van der Waals surface area contributed by atoms with E-state index in [1.165, 1.54) is 43.4 Å². The van der Waals surface area contributed by atoms with Crippen LogP contribution in [0.5, 0.6) is 0 Å². The molecule has 2 aliphatic carbocycles. The lowest BCUT2D eigenvalue weighted by atomic mass is 9.65. The zero-order chi connectivity index (χ0) is 50.8. The Labute approximate surface area is 415 Å². The number of nitrogens with two attached hydrogens (primary N) is 1. The summed E-state index contributed by atoms with van der Waals surface area (Å²) in [5, 5.41) is 5.73. The molecule has 0 radical (unpaired) electrons. The third-order valence-corrected chi connectivity index (χ3v) is 16.0. The van der Waals surface area contributed by atoms with Crippen LogP contribution in [-0.4, -0.2) is 135 Å². The second kappa shape index (κ2) is 31.5. The van der Waals surface area contributed by atoms with Crippen molar-refractivity contribution in [3.63, 3.8) is 0 Å². The largest absolute Gasteiger partial charge is 0.374 e. The fourth-order valence-electron chi connectivity index (χ4n) is 10.5. The predicted octanol–water partition coefficient (Wildman–Crippen LogP) is 7.28. The maximum absolute atomic E-state index is 15.5. The van der Waals surface area contributed by atoms with Crippen molar-refractivity contribution in [3.05, 3.63) is 53.0 Å². The van der Waals surface area contributed by atoms with E-state index in [4.69, 9.17) is 9.59 Å². The molecule has 5 amide bonds. The standard InChI is InChI=1S/C37H57FN6O3S.C12H17NO.C2H3NO2.CH5N/c1-5-6-28(3)44(26-45)36(47)32-24-33(38)34(23-27(32)2)41-21-15-37(16-22-41)13-7-29(8-14-37)35(46)42-17-11-31(12-18-42)48-43-19-9-30(10-20-43)40-25-39-4;1-10-5-3-7-12(10)11(9-13-2)6-4-8-14;4-1-3-2-5;1-2/h23-26,28-31H,5-22H2,1-4H3,(H,39,40);4,6,8-10,12H,2-3,5,7H2,1H3;1-2H,(H,3,4,5);2H2,1H3/b;6-4-,11-9-;;. The number of halogens is 1. The number of allylic oxidation sites excluding steroid dienone is 3. The Morgan fingerprint density at radius 2 is 1.61 bits per heavy atom. The third-order valence-electron chi connectivity index (χ3n) is 14.6.